The normalized spacial score (nSPS) is 6.89. The first-order valence-corrected chi connectivity index (χ1v) is 3.63. The van der Waals surface area contributed by atoms with E-state index in [1.807, 2.05) is 0 Å². The predicted molar refractivity (Wildman–Crippen MR) is 44.4 cm³/mol. The molecule has 0 bridgehead atoms. The van der Waals surface area contributed by atoms with E-state index in [-0.39, 0.29) is 80.0 Å². The summed E-state index contributed by atoms with van der Waals surface area (Å²) in [4.78, 5) is 38.1. The van der Waals surface area contributed by atoms with E-state index in [9.17, 15) is 19.2 Å². The smallest absolute Gasteiger partial charge is 0.314 e. The van der Waals surface area contributed by atoms with E-state index in [2.05, 4.69) is 0 Å². The summed E-state index contributed by atoms with van der Waals surface area (Å²) in [6, 6.07) is 0. The molecule has 0 amide bonds. The molecule has 0 aliphatic carbocycles. The summed E-state index contributed by atoms with van der Waals surface area (Å²) in [6.07, 6.45) is -1.40. The molecule has 0 aromatic heterocycles. The second-order valence-electron chi connectivity index (χ2n) is 2.25. The van der Waals surface area contributed by atoms with Crippen molar-refractivity contribution in [3.05, 3.63) is 0 Å². The second-order valence-corrected chi connectivity index (χ2v) is 2.25. The summed E-state index contributed by atoms with van der Waals surface area (Å²) in [5.41, 5.74) is 0. The maximum atomic E-state index is 9.64. The quantitative estimate of drug-likeness (QED) is 0.266. The molecule has 119 valence electrons. The minimum Gasteiger partial charge on any atom is -0.481 e. The largest absolute Gasteiger partial charge is 0.481 e. The van der Waals surface area contributed by atoms with Crippen molar-refractivity contribution in [1.29, 1.82) is 0 Å². The Balaban J connectivity index is -0.0000000540. The SMILES string of the molecule is O=C(O)CC(=O)O.O=C(O)CCC(=O)O.[Ag].[Ag].[Ag]. The topological polar surface area (TPSA) is 149 Å². The summed E-state index contributed by atoms with van der Waals surface area (Å²) in [5.74, 6) is -4.78. The Morgan fingerprint density at radius 2 is 0.778 bits per heavy atom. The minimum atomic E-state index is -1.31. The first-order chi connectivity index (χ1) is 6.75. The van der Waals surface area contributed by atoms with Gasteiger partial charge in [0.1, 0.15) is 6.42 Å². The molecular weight excluding hydrogens is 536 g/mol. The third-order valence-electron chi connectivity index (χ3n) is 0.855. The monoisotopic (exact) mass is 543 g/mol. The minimum absolute atomic E-state index is 0. The Bertz CT molecular complexity index is 241. The van der Waals surface area contributed by atoms with Gasteiger partial charge in [0.15, 0.2) is 0 Å². The van der Waals surface area contributed by atoms with Crippen LogP contribution >= 0.6 is 0 Å². The van der Waals surface area contributed by atoms with Gasteiger partial charge in [-0.2, -0.15) is 0 Å². The van der Waals surface area contributed by atoms with Crippen molar-refractivity contribution >= 4 is 23.9 Å². The second kappa shape index (κ2) is 19.4. The molecule has 0 saturated heterocycles. The van der Waals surface area contributed by atoms with Gasteiger partial charge in [-0.25, -0.2) is 0 Å². The van der Waals surface area contributed by atoms with Crippen molar-refractivity contribution in [2.45, 2.75) is 19.3 Å². The van der Waals surface area contributed by atoms with E-state index in [0.29, 0.717) is 0 Å². The molecule has 0 aliphatic heterocycles. The first-order valence-electron chi connectivity index (χ1n) is 3.63. The fourth-order valence-corrected chi connectivity index (χ4v) is 0.343. The Morgan fingerprint density at radius 1 is 0.556 bits per heavy atom. The van der Waals surface area contributed by atoms with Gasteiger partial charge in [-0.1, -0.05) is 0 Å². The Labute approximate surface area is 149 Å². The predicted octanol–water partition coefficient (Wildman–Crippen LogP) is -0.526. The number of carboxylic acids is 4. The van der Waals surface area contributed by atoms with Gasteiger partial charge < -0.3 is 20.4 Å². The van der Waals surface area contributed by atoms with Crippen LogP contribution in [0.5, 0.6) is 0 Å². The van der Waals surface area contributed by atoms with Crippen molar-refractivity contribution in [3.63, 3.8) is 0 Å². The van der Waals surface area contributed by atoms with E-state index in [4.69, 9.17) is 20.4 Å². The Kier molecular flexibility index (Phi) is 33.3. The molecule has 4 N–H and O–H groups in total. The summed E-state index contributed by atoms with van der Waals surface area (Å²) >= 11 is 0. The van der Waals surface area contributed by atoms with Crippen LogP contribution in [0.2, 0.25) is 0 Å². The fraction of sp³-hybridized carbons (Fsp3) is 0.429. The molecule has 0 aromatic rings. The van der Waals surface area contributed by atoms with Crippen LogP contribution in [0, 0.1) is 0 Å². The molecule has 18 heavy (non-hydrogen) atoms. The third-order valence-corrected chi connectivity index (χ3v) is 0.855. The molecule has 0 spiro atoms. The molecule has 0 aromatic carbocycles. The number of hydrogen-bond donors (Lipinski definition) is 4. The van der Waals surface area contributed by atoms with Gasteiger partial charge in [-0.05, 0) is 0 Å². The summed E-state index contributed by atoms with van der Waals surface area (Å²) in [5, 5.41) is 31.2. The van der Waals surface area contributed by atoms with Crippen LogP contribution in [0.1, 0.15) is 19.3 Å². The zero-order valence-electron chi connectivity index (χ0n) is 8.45. The van der Waals surface area contributed by atoms with Crippen LogP contribution < -0.4 is 0 Å². The van der Waals surface area contributed by atoms with E-state index in [1.54, 1.807) is 0 Å². The van der Waals surface area contributed by atoms with Crippen LogP contribution in [0.4, 0.5) is 0 Å². The van der Waals surface area contributed by atoms with Crippen LogP contribution in [0.3, 0.4) is 0 Å². The van der Waals surface area contributed by atoms with Crippen molar-refractivity contribution in [2.75, 3.05) is 0 Å². The van der Waals surface area contributed by atoms with Crippen LogP contribution in [0.25, 0.3) is 0 Å². The molecule has 3 radical (unpaired) electrons. The molecule has 0 fully saturated rings. The molecule has 0 unspecified atom stereocenters. The molecule has 0 saturated carbocycles. The van der Waals surface area contributed by atoms with E-state index >= 15 is 0 Å². The molecule has 0 rings (SSSR count). The van der Waals surface area contributed by atoms with Crippen molar-refractivity contribution in [3.8, 4) is 0 Å². The van der Waals surface area contributed by atoms with E-state index in [1.165, 1.54) is 0 Å². The van der Waals surface area contributed by atoms with Crippen molar-refractivity contribution in [1.82, 2.24) is 0 Å². The molecular formula is C7H10Ag3O8. The molecule has 0 atom stereocenters. The summed E-state index contributed by atoms with van der Waals surface area (Å²) < 4.78 is 0. The van der Waals surface area contributed by atoms with Gasteiger partial charge >= 0.3 is 23.9 Å². The Morgan fingerprint density at radius 3 is 0.833 bits per heavy atom. The molecule has 0 heterocycles. The number of aliphatic carboxylic acids is 4. The van der Waals surface area contributed by atoms with Gasteiger partial charge in [0.2, 0.25) is 0 Å². The number of carbonyl (C=O) groups is 4. The van der Waals surface area contributed by atoms with Gasteiger partial charge in [0.05, 0.1) is 12.8 Å². The number of hydrogen-bond acceptors (Lipinski definition) is 4. The zero-order valence-corrected chi connectivity index (χ0v) is 12.9. The average molecular weight is 546 g/mol. The summed E-state index contributed by atoms with van der Waals surface area (Å²) in [7, 11) is 0. The van der Waals surface area contributed by atoms with Gasteiger partial charge in [0, 0.05) is 67.1 Å². The maximum Gasteiger partial charge on any atom is 0.314 e. The van der Waals surface area contributed by atoms with Gasteiger partial charge in [0.25, 0.3) is 0 Å². The first kappa shape index (κ1) is 30.8. The van der Waals surface area contributed by atoms with Crippen LogP contribution in [-0.4, -0.2) is 44.3 Å². The Hall–Kier alpha value is 0.101. The average Bonchev–Trinajstić information content (AvgIpc) is 1.99. The van der Waals surface area contributed by atoms with E-state index in [0.717, 1.165) is 0 Å². The summed E-state index contributed by atoms with van der Waals surface area (Å²) in [6.45, 7) is 0. The van der Waals surface area contributed by atoms with Gasteiger partial charge in [-0.15, -0.1) is 0 Å². The van der Waals surface area contributed by atoms with E-state index < -0.39 is 30.3 Å². The van der Waals surface area contributed by atoms with Crippen molar-refractivity contribution in [2.24, 2.45) is 0 Å². The zero-order chi connectivity index (χ0) is 12.4. The van der Waals surface area contributed by atoms with Crippen LogP contribution in [0.15, 0.2) is 0 Å². The fourth-order valence-electron chi connectivity index (χ4n) is 0.343. The number of carboxylic acid groups (broad SMARTS) is 4. The van der Waals surface area contributed by atoms with Gasteiger partial charge in [-0.3, -0.25) is 19.2 Å². The van der Waals surface area contributed by atoms with Crippen molar-refractivity contribution < 1.29 is 107 Å². The molecule has 0 aliphatic rings. The third kappa shape index (κ3) is 44.3. The number of rotatable bonds is 5. The molecule has 11 heteroatoms. The maximum absolute atomic E-state index is 9.64. The standard InChI is InChI=1S/C4H6O4.C3H4O4.3Ag/c5-3(6)1-2-4(7)8;4-2(5)1-3(6)7;;;/h1-2H2,(H,5,6)(H,7,8);1H2,(H,4,5)(H,6,7);;;. The van der Waals surface area contributed by atoms with Crippen LogP contribution in [-0.2, 0) is 86.3 Å². The molecule has 8 nitrogen and oxygen atoms in total.